The zero-order valence-electron chi connectivity index (χ0n) is 10.7. The predicted octanol–water partition coefficient (Wildman–Crippen LogP) is 3.26. The summed E-state index contributed by atoms with van der Waals surface area (Å²) in [5, 5.41) is 3.34. The summed E-state index contributed by atoms with van der Waals surface area (Å²) in [6.07, 6.45) is 0. The van der Waals surface area contributed by atoms with Gasteiger partial charge in [0.15, 0.2) is 5.78 Å². The van der Waals surface area contributed by atoms with Gasteiger partial charge in [-0.15, -0.1) is 0 Å². The highest BCUT2D eigenvalue weighted by Gasteiger charge is 2.24. The van der Waals surface area contributed by atoms with Crippen LogP contribution in [0.4, 0.5) is 0 Å². The van der Waals surface area contributed by atoms with E-state index < -0.39 is 5.41 Å². The van der Waals surface area contributed by atoms with E-state index in [2.05, 4.69) is 20.9 Å². The van der Waals surface area contributed by atoms with Crippen LogP contribution in [0.1, 0.15) is 41.5 Å². The number of Topliss-reactive ketones (excluding diaryl/α,β-unsaturated/α-hetero) is 1. The molecule has 0 spiro atoms. The molecule has 0 saturated carbocycles. The number of hydrogen-bond donors (Lipinski definition) is 0. The maximum atomic E-state index is 11.8. The van der Waals surface area contributed by atoms with E-state index in [9.17, 15) is 4.79 Å². The van der Waals surface area contributed by atoms with Crippen LogP contribution in [0.3, 0.4) is 0 Å². The molecule has 0 aromatic carbocycles. The quantitative estimate of drug-likeness (QED) is 0.232. The van der Waals surface area contributed by atoms with Crippen LogP contribution in [0.2, 0.25) is 0 Å². The van der Waals surface area contributed by atoms with E-state index >= 15 is 0 Å². The third kappa shape index (κ3) is 5.35. The Labute approximate surface area is 95.9 Å². The molecule has 0 aromatic rings. The van der Waals surface area contributed by atoms with Gasteiger partial charge in [0, 0.05) is 10.3 Å². The first-order valence-corrected chi connectivity index (χ1v) is 5.02. The number of ketones is 1. The number of carbonyl (C=O) groups excluding carboxylic acids is 1. The van der Waals surface area contributed by atoms with Gasteiger partial charge in [-0.3, -0.25) is 4.79 Å². The summed E-state index contributed by atoms with van der Waals surface area (Å²) in [6.45, 7) is 10.9. The largest absolute Gasteiger partial charge is 0.293 e. The molecule has 88 valence electrons. The smallest absolute Gasteiger partial charge is 0.179 e. The Bertz CT molecular complexity index is 383. The van der Waals surface area contributed by atoms with Gasteiger partial charge in [0.2, 0.25) is 0 Å². The van der Waals surface area contributed by atoms with Gasteiger partial charge < -0.3 is 0 Å². The molecular formula is C11H18N4O. The molecular weight excluding hydrogens is 204 g/mol. The Morgan fingerprint density at radius 2 is 1.69 bits per heavy atom. The molecule has 0 unspecified atom stereocenters. The van der Waals surface area contributed by atoms with Gasteiger partial charge in [-0.1, -0.05) is 20.8 Å². The Hall–Kier alpha value is -1.57. The monoisotopic (exact) mass is 222 g/mol. The molecule has 0 rings (SSSR count). The Morgan fingerprint density at radius 1 is 1.19 bits per heavy atom. The van der Waals surface area contributed by atoms with Crippen LogP contribution in [0.25, 0.3) is 10.4 Å². The lowest BCUT2D eigenvalue weighted by atomic mass is 9.89. The van der Waals surface area contributed by atoms with Crippen molar-refractivity contribution in [1.29, 1.82) is 0 Å². The van der Waals surface area contributed by atoms with E-state index in [4.69, 9.17) is 5.53 Å². The van der Waals surface area contributed by atoms with E-state index in [0.29, 0.717) is 0 Å². The van der Waals surface area contributed by atoms with E-state index in [1.54, 1.807) is 20.8 Å². The van der Waals surface area contributed by atoms with Crippen molar-refractivity contribution in [1.82, 2.24) is 0 Å². The second kappa shape index (κ2) is 4.97. The zero-order chi connectivity index (χ0) is 13.0. The molecule has 0 radical (unpaired) electrons. The van der Waals surface area contributed by atoms with E-state index in [-0.39, 0.29) is 17.0 Å². The van der Waals surface area contributed by atoms with Crippen molar-refractivity contribution in [2.75, 3.05) is 0 Å². The van der Waals surface area contributed by atoms with Gasteiger partial charge in [-0.25, -0.2) is 4.99 Å². The van der Waals surface area contributed by atoms with Crippen LogP contribution in [0, 0.1) is 5.41 Å². The predicted molar refractivity (Wildman–Crippen MR) is 64.3 cm³/mol. The molecule has 16 heavy (non-hydrogen) atoms. The number of nitrogens with zero attached hydrogens (tertiary/aromatic N) is 4. The topological polar surface area (TPSA) is 78.2 Å². The Balaban J connectivity index is 5.44. The van der Waals surface area contributed by atoms with Crippen molar-refractivity contribution in [3.05, 3.63) is 16.1 Å². The SMILES string of the molecule is CC(C)(C)N=C=C(N=[N+]=[N-])C(=O)C(C)(C)C. The first-order chi connectivity index (χ1) is 7.08. The molecule has 0 aromatic heterocycles. The van der Waals surface area contributed by atoms with E-state index in [1.807, 2.05) is 20.8 Å². The number of rotatable bonds is 2. The van der Waals surface area contributed by atoms with E-state index in [1.165, 1.54) is 0 Å². The van der Waals surface area contributed by atoms with Crippen molar-refractivity contribution in [3.8, 4) is 0 Å². The molecule has 0 aliphatic heterocycles. The van der Waals surface area contributed by atoms with Crippen LogP contribution in [-0.4, -0.2) is 17.2 Å². The number of allylic oxidation sites excluding steroid dienone is 1. The fourth-order valence-electron chi connectivity index (χ4n) is 0.739. The maximum Gasteiger partial charge on any atom is 0.179 e. The minimum atomic E-state index is -0.607. The number of carbonyl (C=O) groups is 1. The van der Waals surface area contributed by atoms with Gasteiger partial charge in [-0.2, -0.15) is 0 Å². The second-order valence-electron chi connectivity index (χ2n) is 5.51. The number of azide groups is 1. The Morgan fingerprint density at radius 3 is 2.00 bits per heavy atom. The third-order valence-electron chi connectivity index (χ3n) is 1.54. The average Bonchev–Trinajstić information content (AvgIpc) is 2.08. The van der Waals surface area contributed by atoms with Crippen molar-refractivity contribution in [2.24, 2.45) is 15.5 Å². The highest BCUT2D eigenvalue weighted by atomic mass is 16.1. The fourth-order valence-corrected chi connectivity index (χ4v) is 0.739. The third-order valence-corrected chi connectivity index (χ3v) is 1.54. The first-order valence-electron chi connectivity index (χ1n) is 5.02. The lowest BCUT2D eigenvalue weighted by Crippen LogP contribution is -2.21. The van der Waals surface area contributed by atoms with Gasteiger partial charge in [0.25, 0.3) is 0 Å². The number of hydrogen-bond acceptors (Lipinski definition) is 3. The normalized spacial score (nSPS) is 11.1. The summed E-state index contributed by atoms with van der Waals surface area (Å²) < 4.78 is 0. The lowest BCUT2D eigenvalue weighted by Gasteiger charge is -2.15. The zero-order valence-corrected chi connectivity index (χ0v) is 10.7. The minimum Gasteiger partial charge on any atom is -0.293 e. The summed E-state index contributed by atoms with van der Waals surface area (Å²) >= 11 is 0. The number of aliphatic imine (C=N–C) groups is 1. The molecule has 5 nitrogen and oxygen atoms in total. The van der Waals surface area contributed by atoms with Gasteiger partial charge >= 0.3 is 0 Å². The highest BCUT2D eigenvalue weighted by molar-refractivity contribution is 6.05. The summed E-state index contributed by atoms with van der Waals surface area (Å²) in [5.41, 5.74) is 7.36. The Kier molecular flexibility index (Phi) is 4.48. The second-order valence-corrected chi connectivity index (χ2v) is 5.51. The average molecular weight is 222 g/mol. The lowest BCUT2D eigenvalue weighted by molar-refractivity contribution is -0.122. The molecule has 0 N–H and O–H groups in total. The molecule has 0 atom stereocenters. The van der Waals surface area contributed by atoms with Gasteiger partial charge in [0.05, 0.1) is 5.54 Å². The van der Waals surface area contributed by atoms with Crippen LogP contribution in [0.15, 0.2) is 15.8 Å². The summed E-state index contributed by atoms with van der Waals surface area (Å²) in [4.78, 5) is 18.5. The molecule has 0 aliphatic rings. The van der Waals surface area contributed by atoms with E-state index in [0.717, 1.165) is 0 Å². The maximum absolute atomic E-state index is 11.8. The van der Waals surface area contributed by atoms with Gasteiger partial charge in [-0.05, 0) is 37.3 Å². The van der Waals surface area contributed by atoms with Crippen molar-refractivity contribution >= 4 is 11.7 Å². The van der Waals surface area contributed by atoms with Crippen molar-refractivity contribution in [2.45, 2.75) is 47.1 Å². The fraction of sp³-hybridized carbons (Fsp3) is 0.727. The summed E-state index contributed by atoms with van der Waals surface area (Å²) in [6, 6.07) is 0. The molecule has 5 heteroatoms. The van der Waals surface area contributed by atoms with Crippen LogP contribution < -0.4 is 0 Å². The molecule has 0 heterocycles. The molecule has 0 aliphatic carbocycles. The standard InChI is InChI=1S/C11H18N4O/c1-10(2,3)9(16)8(14-15-12)7-13-11(4,5)6/h1-6H3. The van der Waals surface area contributed by atoms with Gasteiger partial charge in [0.1, 0.15) is 5.70 Å². The van der Waals surface area contributed by atoms with Crippen molar-refractivity contribution in [3.63, 3.8) is 0 Å². The molecule has 0 bridgehead atoms. The molecule has 0 amide bonds. The molecule has 0 saturated heterocycles. The van der Waals surface area contributed by atoms with Crippen molar-refractivity contribution < 1.29 is 4.79 Å². The first kappa shape index (κ1) is 14.4. The minimum absolute atomic E-state index is 0.0649. The van der Waals surface area contributed by atoms with Crippen LogP contribution >= 0.6 is 0 Å². The summed E-state index contributed by atoms with van der Waals surface area (Å²) in [5.74, 6) is 2.27. The summed E-state index contributed by atoms with van der Waals surface area (Å²) in [7, 11) is 0. The van der Waals surface area contributed by atoms with Crippen LogP contribution in [-0.2, 0) is 4.79 Å². The molecule has 0 fully saturated rings. The van der Waals surface area contributed by atoms with Crippen LogP contribution in [0.5, 0.6) is 0 Å². The highest BCUT2D eigenvalue weighted by Crippen LogP contribution is 2.19.